The van der Waals surface area contributed by atoms with Gasteiger partial charge in [0.2, 0.25) is 0 Å². The summed E-state index contributed by atoms with van der Waals surface area (Å²) < 4.78 is 2.25. The number of fused-ring (bicyclic) bond motifs is 1. The molecule has 15 heavy (non-hydrogen) atoms. The van der Waals surface area contributed by atoms with Gasteiger partial charge in [0, 0.05) is 23.6 Å². The summed E-state index contributed by atoms with van der Waals surface area (Å²) in [5.41, 5.74) is 3.68. The van der Waals surface area contributed by atoms with Crippen LogP contribution in [0.4, 0.5) is 0 Å². The Balaban J connectivity index is 2.56. The summed E-state index contributed by atoms with van der Waals surface area (Å²) in [6.07, 6.45) is 2.18. The second kappa shape index (κ2) is 4.04. The molecule has 0 aliphatic heterocycles. The van der Waals surface area contributed by atoms with Gasteiger partial charge in [0.1, 0.15) is 0 Å². The monoisotopic (exact) mass is 204 g/mol. The van der Waals surface area contributed by atoms with Crippen molar-refractivity contribution in [1.82, 2.24) is 4.57 Å². The largest absolute Gasteiger partial charge is 0.347 e. The summed E-state index contributed by atoms with van der Waals surface area (Å²) >= 11 is 0. The molecule has 0 saturated heterocycles. The van der Waals surface area contributed by atoms with E-state index in [1.54, 1.807) is 0 Å². The van der Waals surface area contributed by atoms with Crippen LogP contribution in [0.25, 0.3) is 10.9 Å². The van der Waals surface area contributed by atoms with E-state index in [1.165, 1.54) is 16.5 Å². The minimum absolute atomic E-state index is 0.465. The molecule has 1 aromatic carbocycles. The lowest BCUT2D eigenvalue weighted by Gasteiger charge is -2.02. The van der Waals surface area contributed by atoms with Gasteiger partial charge in [-0.25, -0.2) is 5.90 Å². The highest BCUT2D eigenvalue weighted by Crippen LogP contribution is 2.22. The molecule has 2 N–H and O–H groups in total. The van der Waals surface area contributed by atoms with Gasteiger partial charge in [-0.15, -0.1) is 0 Å². The van der Waals surface area contributed by atoms with Crippen LogP contribution in [0.3, 0.4) is 0 Å². The molecule has 0 saturated carbocycles. The highest BCUT2D eigenvalue weighted by Gasteiger charge is 2.04. The first-order valence-electron chi connectivity index (χ1n) is 5.16. The second-order valence-corrected chi connectivity index (χ2v) is 3.76. The molecule has 2 aromatic rings. The number of aryl methyl sites for hydroxylation is 2. The van der Waals surface area contributed by atoms with Crippen LogP contribution in [0.5, 0.6) is 0 Å². The lowest BCUT2D eigenvalue weighted by atomic mass is 10.1. The molecular formula is C12H16N2O. The molecule has 0 radical (unpaired) electrons. The summed E-state index contributed by atoms with van der Waals surface area (Å²) in [7, 11) is 0. The van der Waals surface area contributed by atoms with Crippen LogP contribution in [0, 0.1) is 6.92 Å². The molecular weight excluding hydrogens is 188 g/mol. The Morgan fingerprint density at radius 3 is 2.87 bits per heavy atom. The number of aromatic nitrogens is 1. The van der Waals surface area contributed by atoms with Gasteiger partial charge < -0.3 is 4.57 Å². The Bertz CT molecular complexity index is 474. The molecule has 0 amide bonds. The van der Waals surface area contributed by atoms with Gasteiger partial charge in [-0.05, 0) is 37.1 Å². The van der Waals surface area contributed by atoms with E-state index >= 15 is 0 Å². The molecule has 0 fully saturated rings. The molecule has 1 aromatic heterocycles. The van der Waals surface area contributed by atoms with Gasteiger partial charge >= 0.3 is 0 Å². The van der Waals surface area contributed by atoms with E-state index in [0.717, 1.165) is 12.1 Å². The highest BCUT2D eigenvalue weighted by atomic mass is 16.6. The van der Waals surface area contributed by atoms with E-state index in [4.69, 9.17) is 5.90 Å². The van der Waals surface area contributed by atoms with Crippen molar-refractivity contribution < 1.29 is 4.84 Å². The zero-order valence-electron chi connectivity index (χ0n) is 9.16. The summed E-state index contributed by atoms with van der Waals surface area (Å²) in [5, 5.41) is 1.28. The Kier molecular flexibility index (Phi) is 2.75. The Hall–Kier alpha value is -1.32. The van der Waals surface area contributed by atoms with Gasteiger partial charge in [0.25, 0.3) is 0 Å². The van der Waals surface area contributed by atoms with Crippen LogP contribution in [0.1, 0.15) is 18.1 Å². The maximum atomic E-state index is 5.07. The van der Waals surface area contributed by atoms with E-state index < -0.39 is 0 Å². The smallest absolute Gasteiger partial charge is 0.0930 e. The van der Waals surface area contributed by atoms with Gasteiger partial charge in [-0.2, -0.15) is 0 Å². The third-order valence-corrected chi connectivity index (χ3v) is 2.74. The van der Waals surface area contributed by atoms with Crippen LogP contribution in [0.15, 0.2) is 24.4 Å². The first kappa shape index (κ1) is 10.2. The lowest BCUT2D eigenvalue weighted by Crippen LogP contribution is -1.98. The third kappa shape index (κ3) is 1.76. The van der Waals surface area contributed by atoms with Crippen molar-refractivity contribution in [3.63, 3.8) is 0 Å². The van der Waals surface area contributed by atoms with Crippen LogP contribution in [0.2, 0.25) is 0 Å². The van der Waals surface area contributed by atoms with Crippen molar-refractivity contribution >= 4 is 10.9 Å². The highest BCUT2D eigenvalue weighted by molar-refractivity contribution is 5.84. The first-order chi connectivity index (χ1) is 7.26. The number of nitrogens with zero attached hydrogens (tertiary/aromatic N) is 1. The van der Waals surface area contributed by atoms with Crippen molar-refractivity contribution in [3.8, 4) is 0 Å². The maximum Gasteiger partial charge on any atom is 0.0930 e. The number of benzene rings is 1. The molecule has 3 heteroatoms. The fourth-order valence-corrected chi connectivity index (χ4v) is 1.97. The SMILES string of the molecule is CCn1cc(C)c2cc(CON)ccc21. The number of nitrogens with two attached hydrogens (primary N) is 1. The molecule has 0 aliphatic rings. The Morgan fingerprint density at radius 1 is 1.40 bits per heavy atom. The molecule has 0 unspecified atom stereocenters. The van der Waals surface area contributed by atoms with Gasteiger partial charge in [0.05, 0.1) is 6.61 Å². The quantitative estimate of drug-likeness (QED) is 0.780. The number of hydrogen-bond donors (Lipinski definition) is 1. The van der Waals surface area contributed by atoms with Crippen LogP contribution < -0.4 is 5.90 Å². The van der Waals surface area contributed by atoms with Crippen molar-refractivity contribution in [2.24, 2.45) is 5.90 Å². The van der Waals surface area contributed by atoms with Crippen molar-refractivity contribution in [2.75, 3.05) is 0 Å². The topological polar surface area (TPSA) is 40.2 Å². The van der Waals surface area contributed by atoms with Crippen LogP contribution in [-0.2, 0) is 18.0 Å². The summed E-state index contributed by atoms with van der Waals surface area (Å²) in [6.45, 7) is 5.74. The van der Waals surface area contributed by atoms with Crippen molar-refractivity contribution in [1.29, 1.82) is 0 Å². The van der Waals surface area contributed by atoms with E-state index in [1.807, 2.05) is 0 Å². The summed E-state index contributed by atoms with van der Waals surface area (Å²) in [4.78, 5) is 4.64. The molecule has 80 valence electrons. The van der Waals surface area contributed by atoms with Gasteiger partial charge in [-0.3, -0.25) is 4.84 Å². The number of rotatable bonds is 3. The van der Waals surface area contributed by atoms with Crippen molar-refractivity contribution in [3.05, 3.63) is 35.5 Å². The Morgan fingerprint density at radius 2 is 2.20 bits per heavy atom. The zero-order chi connectivity index (χ0) is 10.8. The lowest BCUT2D eigenvalue weighted by molar-refractivity contribution is 0.124. The normalized spacial score (nSPS) is 11.1. The Labute approximate surface area is 89.4 Å². The summed E-state index contributed by atoms with van der Waals surface area (Å²) in [6, 6.07) is 6.32. The van der Waals surface area contributed by atoms with E-state index in [0.29, 0.717) is 6.61 Å². The van der Waals surface area contributed by atoms with Gasteiger partial charge in [-0.1, -0.05) is 6.07 Å². The maximum absolute atomic E-state index is 5.07. The molecule has 1 heterocycles. The molecule has 0 aliphatic carbocycles. The first-order valence-corrected chi connectivity index (χ1v) is 5.16. The molecule has 0 bridgehead atoms. The van der Waals surface area contributed by atoms with E-state index in [9.17, 15) is 0 Å². The molecule has 0 atom stereocenters. The second-order valence-electron chi connectivity index (χ2n) is 3.76. The molecule has 0 spiro atoms. The fourth-order valence-electron chi connectivity index (χ4n) is 1.97. The molecule has 2 rings (SSSR count). The average molecular weight is 204 g/mol. The summed E-state index contributed by atoms with van der Waals surface area (Å²) in [5.74, 6) is 5.07. The molecule has 3 nitrogen and oxygen atoms in total. The fraction of sp³-hybridized carbons (Fsp3) is 0.333. The number of hydrogen-bond acceptors (Lipinski definition) is 2. The standard InChI is InChI=1S/C12H16N2O/c1-3-14-7-9(2)11-6-10(8-15-13)4-5-12(11)14/h4-7H,3,8,13H2,1-2H3. The zero-order valence-corrected chi connectivity index (χ0v) is 9.16. The van der Waals surface area contributed by atoms with E-state index in [-0.39, 0.29) is 0 Å². The van der Waals surface area contributed by atoms with Crippen LogP contribution >= 0.6 is 0 Å². The van der Waals surface area contributed by atoms with E-state index in [2.05, 4.69) is 47.6 Å². The third-order valence-electron chi connectivity index (χ3n) is 2.74. The minimum atomic E-state index is 0.465. The predicted molar refractivity (Wildman–Crippen MR) is 61.3 cm³/mol. The van der Waals surface area contributed by atoms with Gasteiger partial charge in [0.15, 0.2) is 0 Å². The van der Waals surface area contributed by atoms with Crippen molar-refractivity contribution in [2.45, 2.75) is 27.0 Å². The average Bonchev–Trinajstić information content (AvgIpc) is 2.56. The predicted octanol–water partition coefficient (Wildman–Crippen LogP) is 2.36. The van der Waals surface area contributed by atoms with Crippen LogP contribution in [-0.4, -0.2) is 4.57 Å². The minimum Gasteiger partial charge on any atom is -0.347 e.